The predicted octanol–water partition coefficient (Wildman–Crippen LogP) is 1.40. The zero-order valence-electron chi connectivity index (χ0n) is 12.8. The number of likely N-dealkylation sites (N-methyl/N-ethyl adjacent to an activating group) is 1. The second-order valence-electron chi connectivity index (χ2n) is 5.71. The largest absolute Gasteiger partial charge is 0.481 e. The maximum absolute atomic E-state index is 12.1. The highest BCUT2D eigenvalue weighted by atomic mass is 16.6. The zero-order valence-corrected chi connectivity index (χ0v) is 12.8. The molecule has 1 aromatic rings. The molecule has 0 saturated heterocycles. The van der Waals surface area contributed by atoms with E-state index in [0.717, 1.165) is 0 Å². The lowest BCUT2D eigenvalue weighted by molar-refractivity contribution is -0.384. The van der Waals surface area contributed by atoms with E-state index < -0.39 is 16.8 Å². The van der Waals surface area contributed by atoms with Gasteiger partial charge >= 0.3 is 5.97 Å². The standard InChI is InChI=1S/C15H19N3O5/c1-17(12-4-2-3-5-13(12)18(22)23)9-14(19)16-11-7-6-10(8-11)15(20)21/h2-5,10-11H,6-9H2,1H3,(H,16,19)(H,20,21)/t10-,11+/m0/s1. The minimum atomic E-state index is -0.834. The summed E-state index contributed by atoms with van der Waals surface area (Å²) in [6, 6.07) is 6.06. The van der Waals surface area contributed by atoms with E-state index in [4.69, 9.17) is 5.11 Å². The lowest BCUT2D eigenvalue weighted by Gasteiger charge is -2.20. The Morgan fingerprint density at radius 1 is 1.39 bits per heavy atom. The van der Waals surface area contributed by atoms with E-state index in [1.54, 1.807) is 25.2 Å². The summed E-state index contributed by atoms with van der Waals surface area (Å²) in [5.74, 6) is -1.52. The number of nitro benzene ring substituents is 1. The van der Waals surface area contributed by atoms with Crippen molar-refractivity contribution in [3.8, 4) is 0 Å². The van der Waals surface area contributed by atoms with Crippen LogP contribution in [0.2, 0.25) is 0 Å². The van der Waals surface area contributed by atoms with Gasteiger partial charge in [-0.25, -0.2) is 0 Å². The number of hydrogen-bond acceptors (Lipinski definition) is 5. The quantitative estimate of drug-likeness (QED) is 0.605. The Balaban J connectivity index is 1.93. The number of anilines is 1. The third kappa shape index (κ3) is 4.18. The Hall–Kier alpha value is -2.64. The molecule has 0 aromatic heterocycles. The van der Waals surface area contributed by atoms with Crippen molar-refractivity contribution in [2.75, 3.05) is 18.5 Å². The zero-order chi connectivity index (χ0) is 17.0. The average Bonchev–Trinajstić information content (AvgIpc) is 2.95. The Morgan fingerprint density at radius 2 is 2.09 bits per heavy atom. The predicted molar refractivity (Wildman–Crippen MR) is 83.3 cm³/mol. The van der Waals surface area contributed by atoms with Crippen molar-refractivity contribution in [2.45, 2.75) is 25.3 Å². The van der Waals surface area contributed by atoms with Crippen LogP contribution in [0.25, 0.3) is 0 Å². The van der Waals surface area contributed by atoms with Crippen LogP contribution in [0.1, 0.15) is 19.3 Å². The molecule has 23 heavy (non-hydrogen) atoms. The minimum Gasteiger partial charge on any atom is -0.481 e. The van der Waals surface area contributed by atoms with Crippen LogP contribution in [0.15, 0.2) is 24.3 Å². The van der Waals surface area contributed by atoms with E-state index >= 15 is 0 Å². The van der Waals surface area contributed by atoms with Crippen molar-refractivity contribution in [3.05, 3.63) is 34.4 Å². The number of carbonyl (C=O) groups excluding carboxylic acids is 1. The fraction of sp³-hybridized carbons (Fsp3) is 0.467. The molecule has 1 fully saturated rings. The SMILES string of the molecule is CN(CC(=O)N[C@@H]1CC[C@H](C(=O)O)C1)c1ccccc1[N+](=O)[O-]. The second kappa shape index (κ2) is 7.08. The topological polar surface area (TPSA) is 113 Å². The van der Waals surface area contributed by atoms with Gasteiger partial charge in [-0.1, -0.05) is 12.1 Å². The van der Waals surface area contributed by atoms with Crippen LogP contribution in [0.4, 0.5) is 11.4 Å². The van der Waals surface area contributed by atoms with Crippen LogP contribution >= 0.6 is 0 Å². The van der Waals surface area contributed by atoms with Gasteiger partial charge in [0.25, 0.3) is 5.69 Å². The van der Waals surface area contributed by atoms with Gasteiger partial charge in [-0.05, 0) is 25.3 Å². The Morgan fingerprint density at radius 3 is 2.70 bits per heavy atom. The van der Waals surface area contributed by atoms with Crippen molar-refractivity contribution in [1.82, 2.24) is 5.32 Å². The van der Waals surface area contributed by atoms with E-state index in [9.17, 15) is 19.7 Å². The summed E-state index contributed by atoms with van der Waals surface area (Å²) in [5.41, 5.74) is 0.303. The van der Waals surface area contributed by atoms with Crippen LogP contribution in [-0.2, 0) is 9.59 Å². The van der Waals surface area contributed by atoms with Gasteiger partial charge in [-0.2, -0.15) is 0 Å². The smallest absolute Gasteiger partial charge is 0.306 e. The van der Waals surface area contributed by atoms with Crippen molar-refractivity contribution in [1.29, 1.82) is 0 Å². The summed E-state index contributed by atoms with van der Waals surface area (Å²) in [6.07, 6.45) is 1.62. The number of carbonyl (C=O) groups is 2. The van der Waals surface area contributed by atoms with Gasteiger partial charge in [-0.3, -0.25) is 19.7 Å². The third-order valence-corrected chi connectivity index (χ3v) is 4.02. The second-order valence-corrected chi connectivity index (χ2v) is 5.71. The van der Waals surface area contributed by atoms with Crippen LogP contribution < -0.4 is 10.2 Å². The number of nitro groups is 1. The summed E-state index contributed by atoms with van der Waals surface area (Å²) in [4.78, 5) is 35.0. The first-order valence-electron chi connectivity index (χ1n) is 7.35. The number of hydrogen-bond donors (Lipinski definition) is 2. The van der Waals surface area contributed by atoms with Crippen LogP contribution in [0.3, 0.4) is 0 Å². The molecule has 8 heteroatoms. The fourth-order valence-corrected chi connectivity index (χ4v) is 2.85. The molecule has 1 aromatic carbocycles. The van der Waals surface area contributed by atoms with Gasteiger partial charge < -0.3 is 15.3 Å². The van der Waals surface area contributed by atoms with Gasteiger partial charge in [0.05, 0.1) is 17.4 Å². The van der Waals surface area contributed by atoms with E-state index in [2.05, 4.69) is 5.32 Å². The summed E-state index contributed by atoms with van der Waals surface area (Å²) >= 11 is 0. The van der Waals surface area contributed by atoms with Crippen molar-refractivity contribution in [3.63, 3.8) is 0 Å². The van der Waals surface area contributed by atoms with Crippen molar-refractivity contribution >= 4 is 23.3 Å². The normalized spacial score (nSPS) is 20.0. The summed E-state index contributed by atoms with van der Waals surface area (Å²) in [7, 11) is 1.61. The molecule has 2 rings (SSSR count). The monoisotopic (exact) mass is 321 g/mol. The number of para-hydroxylation sites is 2. The van der Waals surface area contributed by atoms with Gasteiger partial charge in [-0.15, -0.1) is 0 Å². The fourth-order valence-electron chi connectivity index (χ4n) is 2.85. The van der Waals surface area contributed by atoms with Crippen LogP contribution in [0, 0.1) is 16.0 Å². The lowest BCUT2D eigenvalue weighted by Crippen LogP contribution is -2.40. The number of benzene rings is 1. The summed E-state index contributed by atoms with van der Waals surface area (Å²) in [5, 5.41) is 22.8. The molecule has 1 aliphatic carbocycles. The molecule has 0 heterocycles. The van der Waals surface area contributed by atoms with Crippen molar-refractivity contribution < 1.29 is 19.6 Å². The maximum atomic E-state index is 12.1. The number of rotatable bonds is 6. The van der Waals surface area contributed by atoms with Crippen molar-refractivity contribution in [2.24, 2.45) is 5.92 Å². The molecule has 1 amide bonds. The number of nitrogens with zero attached hydrogens (tertiary/aromatic N) is 2. The minimum absolute atomic E-state index is 0.0287. The molecule has 8 nitrogen and oxygen atoms in total. The molecule has 1 aliphatic rings. The molecule has 2 atom stereocenters. The molecule has 1 saturated carbocycles. The lowest BCUT2D eigenvalue weighted by atomic mass is 10.1. The summed E-state index contributed by atoms with van der Waals surface area (Å²) < 4.78 is 0. The molecular weight excluding hydrogens is 302 g/mol. The number of carboxylic acids is 1. The summed E-state index contributed by atoms with van der Waals surface area (Å²) in [6.45, 7) is -0.0287. The highest BCUT2D eigenvalue weighted by Gasteiger charge is 2.30. The van der Waals surface area contributed by atoms with E-state index in [1.807, 2.05) is 0 Å². The molecule has 0 aliphatic heterocycles. The van der Waals surface area contributed by atoms with Gasteiger partial charge in [0.15, 0.2) is 0 Å². The number of nitrogens with one attached hydrogen (secondary N) is 1. The van der Waals surface area contributed by atoms with E-state index in [0.29, 0.717) is 24.9 Å². The number of amides is 1. The average molecular weight is 321 g/mol. The first-order chi connectivity index (χ1) is 10.9. The highest BCUT2D eigenvalue weighted by molar-refractivity contribution is 5.82. The third-order valence-electron chi connectivity index (χ3n) is 4.02. The van der Waals surface area contributed by atoms with Crippen LogP contribution in [-0.4, -0.2) is 41.5 Å². The van der Waals surface area contributed by atoms with Crippen LogP contribution in [0.5, 0.6) is 0 Å². The molecular formula is C15H19N3O5. The Bertz CT molecular complexity index is 619. The first kappa shape index (κ1) is 16.7. The van der Waals surface area contributed by atoms with Gasteiger partial charge in [0.1, 0.15) is 5.69 Å². The molecule has 0 radical (unpaired) electrons. The number of aliphatic carboxylic acids is 1. The Kier molecular flexibility index (Phi) is 5.15. The maximum Gasteiger partial charge on any atom is 0.306 e. The van der Waals surface area contributed by atoms with Gasteiger partial charge in [0, 0.05) is 19.2 Å². The Labute approximate surface area is 133 Å². The molecule has 124 valence electrons. The first-order valence-corrected chi connectivity index (χ1v) is 7.35. The molecule has 0 unspecified atom stereocenters. The number of carboxylic acid groups (broad SMARTS) is 1. The molecule has 0 spiro atoms. The molecule has 0 bridgehead atoms. The van der Waals surface area contributed by atoms with E-state index in [-0.39, 0.29) is 24.2 Å². The van der Waals surface area contributed by atoms with E-state index in [1.165, 1.54) is 11.0 Å². The van der Waals surface area contributed by atoms with Gasteiger partial charge in [0.2, 0.25) is 5.91 Å². The molecule has 2 N–H and O–H groups in total. The highest BCUT2D eigenvalue weighted by Crippen LogP contribution is 2.27.